The quantitative estimate of drug-likeness (QED) is 0.772. The molecule has 2 fully saturated rings. The van der Waals surface area contributed by atoms with Crippen molar-refractivity contribution in [1.29, 1.82) is 0 Å². The fourth-order valence-corrected chi connectivity index (χ4v) is 5.14. The number of piperidine rings is 1. The average Bonchev–Trinajstić information content (AvgIpc) is 2.56. The number of carboxylic acids is 1. The van der Waals surface area contributed by atoms with Gasteiger partial charge in [0.25, 0.3) is 0 Å². The molecule has 0 aromatic carbocycles. The van der Waals surface area contributed by atoms with Crippen LogP contribution in [0.1, 0.15) is 45.4 Å². The summed E-state index contributed by atoms with van der Waals surface area (Å²) in [6, 6.07) is 0.796. The molecule has 2 atom stereocenters. The number of fused-ring (bicyclic) bond motifs is 2. The minimum Gasteiger partial charge on any atom is -0.481 e. The monoisotopic (exact) mass is 303 g/mol. The molecule has 0 aromatic rings. The van der Waals surface area contributed by atoms with Crippen LogP contribution in [-0.2, 0) is 14.6 Å². The van der Waals surface area contributed by atoms with Crippen LogP contribution < -0.4 is 0 Å². The van der Waals surface area contributed by atoms with Gasteiger partial charge in [-0.1, -0.05) is 6.92 Å². The van der Waals surface area contributed by atoms with E-state index in [4.69, 9.17) is 5.11 Å². The summed E-state index contributed by atoms with van der Waals surface area (Å²) in [5.41, 5.74) is 0. The fourth-order valence-electron chi connectivity index (χ4n) is 3.82. The van der Waals surface area contributed by atoms with E-state index in [0.717, 1.165) is 25.7 Å². The SMILES string of the molecule is CCCS(=O)(=O)CCN1C2CCC1CC(CC(=O)O)C2. The van der Waals surface area contributed by atoms with Crippen LogP contribution in [0.5, 0.6) is 0 Å². The maximum absolute atomic E-state index is 11.8. The van der Waals surface area contributed by atoms with E-state index in [-0.39, 0.29) is 23.8 Å². The molecule has 2 unspecified atom stereocenters. The molecule has 0 aromatic heterocycles. The van der Waals surface area contributed by atoms with Gasteiger partial charge in [0, 0.05) is 30.8 Å². The van der Waals surface area contributed by atoms with Crippen molar-refractivity contribution in [2.75, 3.05) is 18.1 Å². The van der Waals surface area contributed by atoms with Gasteiger partial charge in [0.15, 0.2) is 9.84 Å². The minimum absolute atomic E-state index is 0.247. The minimum atomic E-state index is -2.92. The van der Waals surface area contributed by atoms with Crippen LogP contribution in [-0.4, -0.2) is 54.5 Å². The summed E-state index contributed by atoms with van der Waals surface area (Å²) in [5, 5.41) is 8.90. The lowest BCUT2D eigenvalue weighted by Gasteiger charge is -2.38. The maximum Gasteiger partial charge on any atom is 0.303 e. The van der Waals surface area contributed by atoms with E-state index >= 15 is 0 Å². The lowest BCUT2D eigenvalue weighted by atomic mass is 9.88. The molecule has 6 heteroatoms. The third-order valence-electron chi connectivity index (χ3n) is 4.62. The van der Waals surface area contributed by atoms with Crippen molar-refractivity contribution in [3.8, 4) is 0 Å². The summed E-state index contributed by atoms with van der Waals surface area (Å²) in [5.74, 6) is 0.0804. The maximum atomic E-state index is 11.8. The summed E-state index contributed by atoms with van der Waals surface area (Å²) < 4.78 is 23.6. The van der Waals surface area contributed by atoms with Gasteiger partial charge in [-0.15, -0.1) is 0 Å². The summed E-state index contributed by atoms with van der Waals surface area (Å²) in [4.78, 5) is 13.1. The lowest BCUT2D eigenvalue weighted by Crippen LogP contribution is -2.45. The summed E-state index contributed by atoms with van der Waals surface area (Å²) in [6.07, 6.45) is 4.95. The fraction of sp³-hybridized carbons (Fsp3) is 0.929. The zero-order chi connectivity index (χ0) is 14.8. The van der Waals surface area contributed by atoms with E-state index in [9.17, 15) is 13.2 Å². The van der Waals surface area contributed by atoms with Crippen molar-refractivity contribution >= 4 is 15.8 Å². The summed E-state index contributed by atoms with van der Waals surface area (Å²) in [7, 11) is -2.92. The highest BCUT2D eigenvalue weighted by atomic mass is 32.2. The molecule has 2 saturated heterocycles. The molecular weight excluding hydrogens is 278 g/mol. The van der Waals surface area contributed by atoms with Crippen molar-refractivity contribution in [2.24, 2.45) is 5.92 Å². The standard InChI is InChI=1S/C14H25NO4S/c1-2-6-20(18,19)7-5-15-12-3-4-13(15)9-11(8-12)10-14(16)17/h11-13H,2-10H2,1H3,(H,16,17). The Kier molecular flexibility index (Phi) is 5.07. The Bertz CT molecular complexity index is 434. The molecule has 0 saturated carbocycles. The van der Waals surface area contributed by atoms with E-state index in [1.807, 2.05) is 6.92 Å². The number of hydrogen-bond acceptors (Lipinski definition) is 4. The molecule has 2 aliphatic heterocycles. The van der Waals surface area contributed by atoms with Gasteiger partial charge in [0.05, 0.1) is 5.75 Å². The van der Waals surface area contributed by atoms with Gasteiger partial charge in [0.2, 0.25) is 0 Å². The van der Waals surface area contributed by atoms with Gasteiger partial charge < -0.3 is 5.11 Å². The Balaban J connectivity index is 1.88. The zero-order valence-electron chi connectivity index (χ0n) is 12.1. The van der Waals surface area contributed by atoms with Crippen molar-refractivity contribution in [2.45, 2.75) is 57.5 Å². The van der Waals surface area contributed by atoms with Crippen LogP contribution in [0.15, 0.2) is 0 Å². The first-order valence-electron chi connectivity index (χ1n) is 7.59. The van der Waals surface area contributed by atoms with Crippen LogP contribution in [0.3, 0.4) is 0 Å². The lowest BCUT2D eigenvalue weighted by molar-refractivity contribution is -0.138. The number of sulfone groups is 1. The molecule has 0 amide bonds. The second kappa shape index (κ2) is 6.43. The van der Waals surface area contributed by atoms with Gasteiger partial charge in [-0.25, -0.2) is 8.42 Å². The molecule has 2 bridgehead atoms. The largest absolute Gasteiger partial charge is 0.481 e. The molecule has 2 aliphatic rings. The van der Waals surface area contributed by atoms with Crippen molar-refractivity contribution < 1.29 is 18.3 Å². The van der Waals surface area contributed by atoms with Gasteiger partial charge in [-0.05, 0) is 38.0 Å². The van der Waals surface area contributed by atoms with Gasteiger partial charge in [-0.2, -0.15) is 0 Å². The molecule has 20 heavy (non-hydrogen) atoms. The number of carboxylic acid groups (broad SMARTS) is 1. The first-order valence-corrected chi connectivity index (χ1v) is 9.41. The van der Waals surface area contributed by atoms with Gasteiger partial charge in [-0.3, -0.25) is 9.69 Å². The highest BCUT2D eigenvalue weighted by Gasteiger charge is 2.41. The molecule has 1 N–H and O–H groups in total. The normalized spacial score (nSPS) is 30.6. The third kappa shape index (κ3) is 3.95. The number of hydrogen-bond donors (Lipinski definition) is 1. The molecule has 2 rings (SSSR count). The van der Waals surface area contributed by atoms with Gasteiger partial charge in [0.1, 0.15) is 0 Å². The van der Waals surface area contributed by atoms with E-state index in [0.29, 0.717) is 25.0 Å². The number of nitrogens with zero attached hydrogens (tertiary/aromatic N) is 1. The van der Waals surface area contributed by atoms with Crippen LogP contribution in [0.4, 0.5) is 0 Å². The van der Waals surface area contributed by atoms with E-state index < -0.39 is 15.8 Å². The zero-order valence-corrected chi connectivity index (χ0v) is 12.9. The third-order valence-corrected chi connectivity index (χ3v) is 6.46. The van der Waals surface area contributed by atoms with E-state index in [1.165, 1.54) is 0 Å². The molecule has 0 radical (unpaired) electrons. The van der Waals surface area contributed by atoms with Crippen LogP contribution in [0.2, 0.25) is 0 Å². The molecule has 2 heterocycles. The van der Waals surface area contributed by atoms with Gasteiger partial charge >= 0.3 is 5.97 Å². The first kappa shape index (κ1) is 15.8. The molecule has 116 valence electrons. The Labute approximate surface area is 121 Å². The summed E-state index contributed by atoms with van der Waals surface area (Å²) >= 11 is 0. The Morgan fingerprint density at radius 2 is 1.80 bits per heavy atom. The predicted molar refractivity (Wildman–Crippen MR) is 77.4 cm³/mol. The van der Waals surface area contributed by atoms with Crippen molar-refractivity contribution in [1.82, 2.24) is 4.90 Å². The molecule has 0 aliphatic carbocycles. The topological polar surface area (TPSA) is 74.7 Å². The molecule has 0 spiro atoms. The van der Waals surface area contributed by atoms with Crippen molar-refractivity contribution in [3.05, 3.63) is 0 Å². The van der Waals surface area contributed by atoms with Crippen LogP contribution >= 0.6 is 0 Å². The van der Waals surface area contributed by atoms with Crippen LogP contribution in [0, 0.1) is 5.92 Å². The van der Waals surface area contributed by atoms with Crippen LogP contribution in [0.25, 0.3) is 0 Å². The van der Waals surface area contributed by atoms with E-state index in [2.05, 4.69) is 4.90 Å². The number of rotatable bonds is 7. The highest BCUT2D eigenvalue weighted by molar-refractivity contribution is 7.91. The Morgan fingerprint density at radius 3 is 2.30 bits per heavy atom. The number of carbonyl (C=O) groups is 1. The number of aliphatic carboxylic acids is 1. The summed E-state index contributed by atoms with van der Waals surface area (Å²) in [6.45, 7) is 2.51. The molecular formula is C14H25NO4S. The smallest absolute Gasteiger partial charge is 0.303 e. The first-order chi connectivity index (χ1) is 9.41. The molecule has 5 nitrogen and oxygen atoms in total. The van der Waals surface area contributed by atoms with E-state index in [1.54, 1.807) is 0 Å². The van der Waals surface area contributed by atoms with Crippen molar-refractivity contribution in [3.63, 3.8) is 0 Å². The second-order valence-corrected chi connectivity index (χ2v) is 8.51. The average molecular weight is 303 g/mol. The Morgan fingerprint density at radius 1 is 1.20 bits per heavy atom. The highest BCUT2D eigenvalue weighted by Crippen LogP contribution is 2.39. The second-order valence-electron chi connectivity index (χ2n) is 6.21. The Hall–Kier alpha value is -0.620. The predicted octanol–water partition coefficient (Wildman–Crippen LogP) is 1.53.